The standard InChI is InChI=1S/C23H33NO5/c1-14(25)23(2)13-24(22(26)28-4)12-18(23)16-7-8-19(27-3)21(11-16)29-20-10-15-5-6-17(20)9-15/h7-8,11,14-15,17-18,20,25H,5-6,9-10,12-13H2,1-4H3/t14?,15?,17?,18?,20?,23-/m0/s1. The Bertz CT molecular complexity index is 766. The van der Waals surface area contributed by atoms with E-state index in [4.69, 9.17) is 14.2 Å². The van der Waals surface area contributed by atoms with E-state index in [0.717, 1.165) is 29.4 Å². The lowest BCUT2D eigenvalue weighted by Crippen LogP contribution is -2.38. The molecule has 4 rings (SSSR count). The normalized spacial score (nSPS) is 34.3. The van der Waals surface area contributed by atoms with Gasteiger partial charge < -0.3 is 24.2 Å². The first kappa shape index (κ1) is 20.3. The molecule has 1 heterocycles. The third-order valence-corrected chi connectivity index (χ3v) is 7.66. The molecule has 6 heteroatoms. The molecule has 6 nitrogen and oxygen atoms in total. The molecule has 1 aromatic carbocycles. The van der Waals surface area contributed by atoms with Crippen LogP contribution in [-0.4, -0.2) is 55.6 Å². The number of amides is 1. The Morgan fingerprint density at radius 2 is 2.03 bits per heavy atom. The zero-order chi connectivity index (χ0) is 20.8. The summed E-state index contributed by atoms with van der Waals surface area (Å²) in [5.74, 6) is 2.94. The van der Waals surface area contributed by atoms with Crippen molar-refractivity contribution in [1.29, 1.82) is 0 Å². The van der Waals surface area contributed by atoms with Crippen LogP contribution in [0.5, 0.6) is 11.5 Å². The summed E-state index contributed by atoms with van der Waals surface area (Å²) in [7, 11) is 3.06. The first-order chi connectivity index (χ1) is 13.9. The van der Waals surface area contributed by atoms with Crippen molar-refractivity contribution in [3.05, 3.63) is 23.8 Å². The van der Waals surface area contributed by atoms with Gasteiger partial charge in [0.1, 0.15) is 6.10 Å². The van der Waals surface area contributed by atoms with Crippen molar-refractivity contribution in [2.75, 3.05) is 27.3 Å². The number of methoxy groups -OCH3 is 2. The van der Waals surface area contributed by atoms with Gasteiger partial charge in [0.2, 0.25) is 0 Å². The van der Waals surface area contributed by atoms with Crippen LogP contribution in [-0.2, 0) is 4.74 Å². The zero-order valence-electron chi connectivity index (χ0n) is 17.9. The molecule has 1 N–H and O–H groups in total. The minimum Gasteiger partial charge on any atom is -0.493 e. The van der Waals surface area contributed by atoms with Crippen molar-refractivity contribution < 1.29 is 24.1 Å². The summed E-state index contributed by atoms with van der Waals surface area (Å²) in [6.45, 7) is 4.79. The first-order valence-corrected chi connectivity index (χ1v) is 10.7. The SMILES string of the molecule is COC(=O)N1CC(c2ccc(OC)c(OC3CC4CCC3C4)c2)[C@](C)(C(C)O)C1. The van der Waals surface area contributed by atoms with Gasteiger partial charge in [-0.25, -0.2) is 4.79 Å². The number of hydrogen-bond acceptors (Lipinski definition) is 5. The topological polar surface area (TPSA) is 68.2 Å². The van der Waals surface area contributed by atoms with E-state index in [9.17, 15) is 9.90 Å². The highest BCUT2D eigenvalue weighted by Crippen LogP contribution is 2.49. The summed E-state index contributed by atoms with van der Waals surface area (Å²) in [6, 6.07) is 6.02. The average Bonchev–Trinajstić information content (AvgIpc) is 3.42. The fourth-order valence-electron chi connectivity index (χ4n) is 5.69. The van der Waals surface area contributed by atoms with Gasteiger partial charge in [-0.2, -0.15) is 0 Å². The van der Waals surface area contributed by atoms with E-state index in [-0.39, 0.29) is 18.1 Å². The van der Waals surface area contributed by atoms with Crippen molar-refractivity contribution in [2.45, 2.75) is 57.7 Å². The summed E-state index contributed by atoms with van der Waals surface area (Å²) in [5.41, 5.74) is 0.589. The lowest BCUT2D eigenvalue weighted by molar-refractivity contribution is 0.0469. The minimum absolute atomic E-state index is 0.0186. The monoisotopic (exact) mass is 403 g/mol. The smallest absolute Gasteiger partial charge is 0.409 e. The number of nitrogens with zero attached hydrogens (tertiary/aromatic N) is 1. The van der Waals surface area contributed by atoms with Crippen molar-refractivity contribution in [2.24, 2.45) is 17.3 Å². The Morgan fingerprint density at radius 3 is 2.62 bits per heavy atom. The number of aliphatic hydroxyl groups excluding tert-OH is 1. The molecular formula is C23H33NO5. The number of rotatable bonds is 5. The van der Waals surface area contributed by atoms with E-state index in [1.54, 1.807) is 18.9 Å². The van der Waals surface area contributed by atoms with Crippen LogP contribution < -0.4 is 9.47 Å². The Labute approximate surface area is 173 Å². The Balaban J connectivity index is 1.62. The minimum atomic E-state index is -0.570. The lowest BCUT2D eigenvalue weighted by Gasteiger charge is -2.34. The van der Waals surface area contributed by atoms with Crippen LogP contribution in [0, 0.1) is 17.3 Å². The van der Waals surface area contributed by atoms with Gasteiger partial charge in [-0.3, -0.25) is 0 Å². The molecule has 1 aromatic rings. The molecule has 2 aliphatic carbocycles. The maximum atomic E-state index is 12.1. The Hall–Kier alpha value is -1.95. The lowest BCUT2D eigenvalue weighted by atomic mass is 9.72. The van der Waals surface area contributed by atoms with Crippen LogP contribution in [0.4, 0.5) is 4.79 Å². The van der Waals surface area contributed by atoms with E-state index in [2.05, 4.69) is 6.07 Å². The third kappa shape index (κ3) is 3.56. The highest BCUT2D eigenvalue weighted by molar-refractivity contribution is 5.68. The van der Waals surface area contributed by atoms with Gasteiger partial charge >= 0.3 is 6.09 Å². The van der Waals surface area contributed by atoms with E-state index in [0.29, 0.717) is 19.0 Å². The molecule has 0 aromatic heterocycles. The van der Waals surface area contributed by atoms with E-state index < -0.39 is 11.5 Å². The zero-order valence-corrected chi connectivity index (χ0v) is 17.9. The van der Waals surface area contributed by atoms with Crippen LogP contribution in [0.1, 0.15) is 51.0 Å². The Morgan fingerprint density at radius 1 is 1.24 bits per heavy atom. The van der Waals surface area contributed by atoms with Crippen molar-refractivity contribution in [1.82, 2.24) is 4.90 Å². The molecule has 1 saturated heterocycles. The predicted octanol–water partition coefficient (Wildman–Crippen LogP) is 3.82. The van der Waals surface area contributed by atoms with Gasteiger partial charge in [-0.05, 0) is 62.1 Å². The number of carbonyl (C=O) groups is 1. The number of ether oxygens (including phenoxy) is 3. The van der Waals surface area contributed by atoms with Crippen LogP contribution in [0.2, 0.25) is 0 Å². The molecule has 29 heavy (non-hydrogen) atoms. The highest BCUT2D eigenvalue weighted by Gasteiger charge is 2.49. The number of carbonyl (C=O) groups excluding carboxylic acids is 1. The second-order valence-electron chi connectivity index (χ2n) is 9.33. The summed E-state index contributed by atoms with van der Waals surface area (Å²) in [5, 5.41) is 10.6. The molecule has 3 fully saturated rings. The number of hydrogen-bond donors (Lipinski definition) is 1. The van der Waals surface area contributed by atoms with Crippen LogP contribution in [0.15, 0.2) is 18.2 Å². The van der Waals surface area contributed by atoms with Gasteiger partial charge in [-0.1, -0.05) is 13.0 Å². The highest BCUT2D eigenvalue weighted by atomic mass is 16.5. The number of aliphatic hydroxyl groups is 1. The second-order valence-corrected chi connectivity index (χ2v) is 9.33. The largest absolute Gasteiger partial charge is 0.493 e. The fourth-order valence-corrected chi connectivity index (χ4v) is 5.69. The molecule has 1 aliphatic heterocycles. The van der Waals surface area contributed by atoms with Gasteiger partial charge in [0.25, 0.3) is 0 Å². The average molecular weight is 404 g/mol. The molecule has 0 spiro atoms. The molecule has 1 amide bonds. The Kier molecular flexibility index (Phi) is 5.40. The molecule has 2 bridgehead atoms. The summed E-state index contributed by atoms with van der Waals surface area (Å²) in [6.07, 6.45) is 4.34. The molecule has 2 saturated carbocycles. The molecular weight excluding hydrogens is 370 g/mol. The van der Waals surface area contributed by atoms with E-state index in [1.807, 2.05) is 19.1 Å². The second kappa shape index (κ2) is 7.71. The van der Waals surface area contributed by atoms with Gasteiger partial charge in [0.05, 0.1) is 20.3 Å². The summed E-state index contributed by atoms with van der Waals surface area (Å²) in [4.78, 5) is 13.8. The van der Waals surface area contributed by atoms with Crippen molar-refractivity contribution in [3.8, 4) is 11.5 Å². The fraction of sp³-hybridized carbons (Fsp3) is 0.696. The van der Waals surface area contributed by atoms with Crippen LogP contribution in [0.25, 0.3) is 0 Å². The molecule has 0 radical (unpaired) electrons. The first-order valence-electron chi connectivity index (χ1n) is 10.7. The number of benzene rings is 1. The maximum Gasteiger partial charge on any atom is 0.409 e. The van der Waals surface area contributed by atoms with Crippen LogP contribution >= 0.6 is 0 Å². The molecule has 160 valence electrons. The molecule has 6 atom stereocenters. The number of likely N-dealkylation sites (tertiary alicyclic amines) is 1. The van der Waals surface area contributed by atoms with Crippen molar-refractivity contribution >= 4 is 6.09 Å². The summed E-state index contributed by atoms with van der Waals surface area (Å²) < 4.78 is 17.0. The van der Waals surface area contributed by atoms with E-state index in [1.165, 1.54) is 26.4 Å². The van der Waals surface area contributed by atoms with Gasteiger partial charge in [-0.15, -0.1) is 0 Å². The molecule has 5 unspecified atom stereocenters. The third-order valence-electron chi connectivity index (χ3n) is 7.66. The number of fused-ring (bicyclic) bond motifs is 2. The predicted molar refractivity (Wildman–Crippen MR) is 109 cm³/mol. The van der Waals surface area contributed by atoms with Gasteiger partial charge in [0.15, 0.2) is 11.5 Å². The van der Waals surface area contributed by atoms with Crippen molar-refractivity contribution in [3.63, 3.8) is 0 Å². The quantitative estimate of drug-likeness (QED) is 0.810. The maximum absolute atomic E-state index is 12.1. The molecule has 3 aliphatic rings. The van der Waals surface area contributed by atoms with Gasteiger partial charge in [0, 0.05) is 24.4 Å². The van der Waals surface area contributed by atoms with Crippen LogP contribution in [0.3, 0.4) is 0 Å². The van der Waals surface area contributed by atoms with E-state index >= 15 is 0 Å². The summed E-state index contributed by atoms with van der Waals surface area (Å²) >= 11 is 0.